The molecule has 80 valence electrons. The van der Waals surface area contributed by atoms with E-state index >= 15 is 0 Å². The van der Waals surface area contributed by atoms with Crippen molar-refractivity contribution in [3.63, 3.8) is 0 Å². The largest absolute Gasteiger partial charge is 0.310 e. The van der Waals surface area contributed by atoms with Gasteiger partial charge >= 0.3 is 0 Å². The van der Waals surface area contributed by atoms with E-state index in [2.05, 4.69) is 11.2 Å². The third-order valence-electron chi connectivity index (χ3n) is 1.99. The fourth-order valence-corrected chi connectivity index (χ4v) is 1.19. The topological polar surface area (TPSA) is 12.0 Å². The van der Waals surface area contributed by atoms with Crippen molar-refractivity contribution in [2.75, 3.05) is 13.1 Å². The molecule has 15 heavy (non-hydrogen) atoms. The molecular weight excluding hydrogens is 196 g/mol. The molecule has 0 bridgehead atoms. The molecule has 0 heterocycles. The average molecular weight is 209 g/mol. The van der Waals surface area contributed by atoms with E-state index in [4.69, 9.17) is 6.42 Å². The number of nitrogens with one attached hydrogen (secondary N) is 1. The van der Waals surface area contributed by atoms with Crippen molar-refractivity contribution in [2.45, 2.75) is 12.3 Å². The lowest BCUT2D eigenvalue weighted by molar-refractivity contribution is -0.00278. The molecular formula is C12H13F2N. The van der Waals surface area contributed by atoms with Crippen molar-refractivity contribution in [1.82, 2.24) is 5.32 Å². The summed E-state index contributed by atoms with van der Waals surface area (Å²) in [5, 5.41) is 2.63. The Morgan fingerprint density at radius 3 is 2.53 bits per heavy atom. The Morgan fingerprint density at radius 2 is 1.93 bits per heavy atom. The number of benzene rings is 1. The first-order valence-corrected chi connectivity index (χ1v) is 4.74. The minimum absolute atomic E-state index is 0.0261. The first-order chi connectivity index (χ1) is 7.17. The van der Waals surface area contributed by atoms with E-state index in [1.165, 1.54) is 12.1 Å². The maximum Gasteiger partial charge on any atom is 0.285 e. The van der Waals surface area contributed by atoms with Gasteiger partial charge in [0, 0.05) is 18.5 Å². The zero-order valence-electron chi connectivity index (χ0n) is 8.34. The van der Waals surface area contributed by atoms with E-state index < -0.39 is 5.92 Å². The molecule has 0 aliphatic rings. The van der Waals surface area contributed by atoms with Crippen LogP contribution in [0.2, 0.25) is 0 Å². The molecule has 3 heteroatoms. The number of rotatable bonds is 5. The molecule has 0 aliphatic heterocycles. The first kappa shape index (κ1) is 11.7. The Labute approximate surface area is 88.5 Å². The van der Waals surface area contributed by atoms with E-state index in [1.54, 1.807) is 18.2 Å². The third-order valence-corrected chi connectivity index (χ3v) is 1.99. The molecule has 0 saturated heterocycles. The zero-order chi connectivity index (χ0) is 11.1. The van der Waals surface area contributed by atoms with Gasteiger partial charge in [0.15, 0.2) is 0 Å². The van der Waals surface area contributed by atoms with Crippen LogP contribution in [-0.2, 0) is 5.92 Å². The molecule has 1 aromatic carbocycles. The lowest BCUT2D eigenvalue weighted by atomic mass is 10.1. The van der Waals surface area contributed by atoms with Crippen LogP contribution in [0, 0.1) is 12.3 Å². The average Bonchev–Trinajstić information content (AvgIpc) is 2.26. The van der Waals surface area contributed by atoms with E-state index in [1.807, 2.05) is 0 Å². The van der Waals surface area contributed by atoms with Gasteiger partial charge in [-0.2, -0.15) is 8.78 Å². The second-order valence-corrected chi connectivity index (χ2v) is 3.20. The van der Waals surface area contributed by atoms with Gasteiger partial charge in [-0.05, 0) is 0 Å². The van der Waals surface area contributed by atoms with E-state index in [0.717, 1.165) is 0 Å². The fraction of sp³-hybridized carbons (Fsp3) is 0.333. The maximum atomic E-state index is 13.5. The lowest BCUT2D eigenvalue weighted by Gasteiger charge is -2.16. The van der Waals surface area contributed by atoms with Gasteiger partial charge < -0.3 is 5.32 Å². The number of halogens is 2. The molecule has 0 aromatic heterocycles. The van der Waals surface area contributed by atoms with Crippen LogP contribution in [0.3, 0.4) is 0 Å². The highest BCUT2D eigenvalue weighted by Crippen LogP contribution is 2.26. The van der Waals surface area contributed by atoms with Crippen LogP contribution in [0.4, 0.5) is 8.78 Å². The highest BCUT2D eigenvalue weighted by Gasteiger charge is 2.30. The number of alkyl halides is 2. The SMILES string of the molecule is C#CCCNCC(F)(F)c1ccccc1. The first-order valence-electron chi connectivity index (χ1n) is 4.74. The molecule has 0 fully saturated rings. The highest BCUT2D eigenvalue weighted by molar-refractivity contribution is 5.20. The molecule has 1 N–H and O–H groups in total. The highest BCUT2D eigenvalue weighted by atomic mass is 19.3. The van der Waals surface area contributed by atoms with Gasteiger partial charge in [0.2, 0.25) is 0 Å². The molecule has 0 atom stereocenters. The number of hydrogen-bond acceptors (Lipinski definition) is 1. The van der Waals surface area contributed by atoms with Crippen LogP contribution in [0.5, 0.6) is 0 Å². The number of terminal acetylenes is 1. The normalized spacial score (nSPS) is 11.0. The Bertz CT molecular complexity index is 327. The van der Waals surface area contributed by atoms with Gasteiger partial charge in [-0.25, -0.2) is 0 Å². The van der Waals surface area contributed by atoms with Gasteiger partial charge in [0.25, 0.3) is 5.92 Å². The summed E-state index contributed by atoms with van der Waals surface area (Å²) in [5.41, 5.74) is 0.0261. The van der Waals surface area contributed by atoms with Crippen molar-refractivity contribution in [3.8, 4) is 12.3 Å². The van der Waals surface area contributed by atoms with E-state index in [0.29, 0.717) is 13.0 Å². The van der Waals surface area contributed by atoms with Crippen molar-refractivity contribution in [3.05, 3.63) is 35.9 Å². The lowest BCUT2D eigenvalue weighted by Crippen LogP contribution is -2.31. The molecule has 1 aromatic rings. The Kier molecular flexibility index (Phi) is 4.26. The quantitative estimate of drug-likeness (QED) is 0.580. The van der Waals surface area contributed by atoms with Crippen molar-refractivity contribution in [2.24, 2.45) is 0 Å². The Morgan fingerprint density at radius 1 is 1.27 bits per heavy atom. The molecule has 0 spiro atoms. The molecule has 1 rings (SSSR count). The summed E-state index contributed by atoms with van der Waals surface area (Å²) in [5.74, 6) is -0.451. The maximum absolute atomic E-state index is 13.5. The van der Waals surface area contributed by atoms with Gasteiger partial charge in [0.05, 0.1) is 6.54 Å². The van der Waals surface area contributed by atoms with Gasteiger partial charge in [-0.15, -0.1) is 12.3 Å². The second-order valence-electron chi connectivity index (χ2n) is 3.20. The molecule has 0 unspecified atom stereocenters. The summed E-state index contributed by atoms with van der Waals surface area (Å²) in [6.45, 7) is 0.0393. The van der Waals surface area contributed by atoms with Crippen molar-refractivity contribution in [1.29, 1.82) is 0 Å². The van der Waals surface area contributed by atoms with Gasteiger partial charge in [-0.1, -0.05) is 30.3 Å². The molecule has 1 nitrogen and oxygen atoms in total. The van der Waals surface area contributed by atoms with E-state index in [-0.39, 0.29) is 12.1 Å². The van der Waals surface area contributed by atoms with E-state index in [9.17, 15) is 8.78 Å². The zero-order valence-corrected chi connectivity index (χ0v) is 8.34. The predicted molar refractivity (Wildman–Crippen MR) is 56.7 cm³/mol. The third kappa shape index (κ3) is 3.69. The summed E-state index contributed by atoms with van der Waals surface area (Å²) in [6, 6.07) is 7.76. The van der Waals surface area contributed by atoms with Crippen LogP contribution < -0.4 is 5.32 Å². The molecule has 0 saturated carbocycles. The summed E-state index contributed by atoms with van der Waals surface area (Å²) >= 11 is 0. The smallest absolute Gasteiger partial charge is 0.285 e. The van der Waals surface area contributed by atoms with Crippen LogP contribution in [-0.4, -0.2) is 13.1 Å². The summed E-state index contributed by atoms with van der Waals surface area (Å²) in [4.78, 5) is 0. The fourth-order valence-electron chi connectivity index (χ4n) is 1.19. The molecule has 0 amide bonds. The van der Waals surface area contributed by atoms with Crippen molar-refractivity contribution < 1.29 is 8.78 Å². The van der Waals surface area contributed by atoms with Crippen molar-refractivity contribution >= 4 is 0 Å². The van der Waals surface area contributed by atoms with Crippen LogP contribution in [0.15, 0.2) is 30.3 Å². The summed E-state index contributed by atoms with van der Waals surface area (Å²) < 4.78 is 26.9. The number of hydrogen-bond donors (Lipinski definition) is 1. The summed E-state index contributed by atoms with van der Waals surface area (Å²) in [7, 11) is 0. The van der Waals surface area contributed by atoms with Crippen LogP contribution in [0.1, 0.15) is 12.0 Å². The minimum Gasteiger partial charge on any atom is -0.310 e. The minimum atomic E-state index is -2.84. The van der Waals surface area contributed by atoms with Gasteiger partial charge in [0.1, 0.15) is 0 Å². The molecule has 0 radical (unpaired) electrons. The summed E-state index contributed by atoms with van der Waals surface area (Å²) in [6.07, 6.45) is 5.48. The Hall–Kier alpha value is -1.40. The van der Waals surface area contributed by atoms with Crippen LogP contribution >= 0.6 is 0 Å². The second kappa shape index (κ2) is 5.47. The predicted octanol–water partition coefficient (Wildman–Crippen LogP) is 2.39. The monoisotopic (exact) mass is 209 g/mol. The van der Waals surface area contributed by atoms with Crippen LogP contribution in [0.25, 0.3) is 0 Å². The standard InChI is InChI=1S/C12H13F2N/c1-2-3-9-15-10-12(13,14)11-7-5-4-6-8-11/h1,4-8,15H,3,9-10H2. The van der Waals surface area contributed by atoms with Gasteiger partial charge in [-0.3, -0.25) is 0 Å². The Balaban J connectivity index is 2.49. The molecule has 0 aliphatic carbocycles.